The number of aliphatic hydroxyl groups is 1. The average Bonchev–Trinajstić information content (AvgIpc) is 2.60. The van der Waals surface area contributed by atoms with Crippen molar-refractivity contribution in [3.05, 3.63) is 70.4 Å². The summed E-state index contributed by atoms with van der Waals surface area (Å²) in [5.41, 5.74) is 3.78. The van der Waals surface area contributed by atoms with E-state index in [9.17, 15) is 5.11 Å². The topological polar surface area (TPSA) is 56.7 Å². The van der Waals surface area contributed by atoms with Crippen LogP contribution in [0.2, 0.25) is 0 Å². The number of allylic oxidation sites excluding steroid dienone is 5. The molecule has 0 radical (unpaired) electrons. The molecule has 24 heavy (non-hydrogen) atoms. The van der Waals surface area contributed by atoms with Crippen LogP contribution >= 0.6 is 11.6 Å². The third-order valence-electron chi connectivity index (χ3n) is 3.61. The molecule has 0 atom stereocenters. The minimum absolute atomic E-state index is 0.0992. The predicted molar refractivity (Wildman–Crippen MR) is 102 cm³/mol. The summed E-state index contributed by atoms with van der Waals surface area (Å²) in [6.45, 7) is 5.14. The maximum atomic E-state index is 9.97. The highest BCUT2D eigenvalue weighted by Crippen LogP contribution is 2.18. The molecule has 4 nitrogen and oxygen atoms in total. The lowest BCUT2D eigenvalue weighted by Crippen LogP contribution is -2.26. The van der Waals surface area contributed by atoms with E-state index in [1.54, 1.807) is 12.4 Å². The van der Waals surface area contributed by atoms with Gasteiger partial charge in [-0.05, 0) is 30.6 Å². The molecule has 0 aromatic carbocycles. The van der Waals surface area contributed by atoms with Gasteiger partial charge in [0.05, 0.1) is 23.0 Å². The largest absolute Gasteiger partial charge is 0.504 e. The van der Waals surface area contributed by atoms with Crippen LogP contribution in [0.1, 0.15) is 26.7 Å². The summed E-state index contributed by atoms with van der Waals surface area (Å²) < 4.78 is 0. The zero-order valence-corrected chi connectivity index (χ0v) is 14.9. The summed E-state index contributed by atoms with van der Waals surface area (Å²) in [6.07, 6.45) is 16.0. The number of unbranched alkanes of at least 4 members (excludes halogenated alkanes) is 1. The van der Waals surface area contributed by atoms with Crippen molar-refractivity contribution in [1.82, 2.24) is 10.6 Å². The van der Waals surface area contributed by atoms with Crippen LogP contribution in [-0.4, -0.2) is 23.9 Å². The Balaban J connectivity index is 2.10. The molecular weight excluding hydrogens is 322 g/mol. The summed E-state index contributed by atoms with van der Waals surface area (Å²) in [5, 5.41) is 16.6. The van der Waals surface area contributed by atoms with Gasteiger partial charge in [0.25, 0.3) is 0 Å². The Labute approximate surface area is 148 Å². The fourth-order valence-corrected chi connectivity index (χ4v) is 2.49. The van der Waals surface area contributed by atoms with Crippen LogP contribution in [0.3, 0.4) is 0 Å². The molecule has 0 saturated heterocycles. The minimum atomic E-state index is 0.0992. The van der Waals surface area contributed by atoms with Crippen LogP contribution in [0, 0.1) is 0 Å². The Morgan fingerprint density at radius 2 is 2.25 bits per heavy atom. The van der Waals surface area contributed by atoms with Gasteiger partial charge in [0.1, 0.15) is 0 Å². The number of aliphatic imine (C=N–C) groups is 1. The lowest BCUT2D eigenvalue weighted by Gasteiger charge is -2.18. The van der Waals surface area contributed by atoms with Crippen LogP contribution in [0.25, 0.3) is 0 Å². The summed E-state index contributed by atoms with van der Waals surface area (Å²) in [4.78, 5) is 4.51. The van der Waals surface area contributed by atoms with Crippen LogP contribution in [-0.2, 0) is 0 Å². The number of rotatable bonds is 6. The Bertz CT molecular complexity index is 679. The Hall–Kier alpha value is -2.20. The van der Waals surface area contributed by atoms with E-state index in [1.165, 1.54) is 0 Å². The molecule has 0 aromatic rings. The highest BCUT2D eigenvalue weighted by Gasteiger charge is 2.14. The van der Waals surface area contributed by atoms with Gasteiger partial charge in [-0.2, -0.15) is 0 Å². The normalized spacial score (nSPS) is 21.3. The van der Waals surface area contributed by atoms with Gasteiger partial charge in [0.15, 0.2) is 5.76 Å². The van der Waals surface area contributed by atoms with E-state index >= 15 is 0 Å². The second-order valence-electron chi connectivity index (χ2n) is 5.54. The number of dihydropyridines is 1. The van der Waals surface area contributed by atoms with Gasteiger partial charge >= 0.3 is 0 Å². The van der Waals surface area contributed by atoms with Gasteiger partial charge in [0.2, 0.25) is 0 Å². The Kier molecular flexibility index (Phi) is 6.94. The molecule has 3 N–H and O–H groups in total. The van der Waals surface area contributed by atoms with Gasteiger partial charge in [-0.1, -0.05) is 49.2 Å². The lowest BCUT2D eigenvalue weighted by atomic mass is 9.98. The molecule has 0 fully saturated rings. The van der Waals surface area contributed by atoms with Crippen molar-refractivity contribution in [2.45, 2.75) is 26.7 Å². The number of hydrogen-bond acceptors (Lipinski definition) is 4. The highest BCUT2D eigenvalue weighted by atomic mass is 35.5. The van der Waals surface area contributed by atoms with Crippen molar-refractivity contribution < 1.29 is 5.11 Å². The van der Waals surface area contributed by atoms with Crippen molar-refractivity contribution in [1.29, 1.82) is 0 Å². The first-order valence-corrected chi connectivity index (χ1v) is 8.57. The van der Waals surface area contributed by atoms with Gasteiger partial charge in [-0.25, -0.2) is 0 Å². The van der Waals surface area contributed by atoms with E-state index in [4.69, 9.17) is 11.6 Å². The minimum Gasteiger partial charge on any atom is -0.504 e. The van der Waals surface area contributed by atoms with Crippen LogP contribution in [0.4, 0.5) is 0 Å². The molecule has 0 unspecified atom stereocenters. The first kappa shape index (κ1) is 18.1. The molecule has 128 valence electrons. The maximum Gasteiger partial charge on any atom is 0.156 e. The first-order valence-electron chi connectivity index (χ1n) is 8.19. The monoisotopic (exact) mass is 345 g/mol. The number of nitrogens with one attached hydrogen (secondary N) is 2. The molecule has 1 aliphatic heterocycles. The lowest BCUT2D eigenvalue weighted by molar-refractivity contribution is 0.405. The highest BCUT2D eigenvalue weighted by molar-refractivity contribution is 6.30. The molecule has 0 aromatic heterocycles. The third kappa shape index (κ3) is 4.90. The molecule has 0 saturated carbocycles. The molecule has 5 heteroatoms. The van der Waals surface area contributed by atoms with Crippen molar-refractivity contribution >= 4 is 17.3 Å². The molecule has 0 spiro atoms. The summed E-state index contributed by atoms with van der Waals surface area (Å²) in [5.74, 6) is 0.0992. The van der Waals surface area contributed by atoms with E-state index in [2.05, 4.69) is 46.9 Å². The molecule has 0 amide bonds. The van der Waals surface area contributed by atoms with E-state index in [0.29, 0.717) is 23.8 Å². The van der Waals surface area contributed by atoms with Gasteiger partial charge < -0.3 is 15.7 Å². The van der Waals surface area contributed by atoms with Crippen molar-refractivity contribution in [3.63, 3.8) is 0 Å². The standard InChI is InChI=1S/C19H24ClN3O/c1-3-5-6-15-8-7-14(10-17(15)22-9-4-2)11-23-18-13-21-12-16(20)19(18)24/h4,6-10,13,21,23-24H,3,5,11-12H2,1-2H3/b9-4-,15-6+,22-17+. The average molecular weight is 346 g/mol. The SMILES string of the molecule is C\C=C/N=C1\C=C(CNC2=CNCC(Cl)=C2O)C=C\C1=C/CCC. The van der Waals surface area contributed by atoms with Crippen molar-refractivity contribution in [2.75, 3.05) is 13.1 Å². The van der Waals surface area contributed by atoms with Crippen LogP contribution < -0.4 is 10.6 Å². The van der Waals surface area contributed by atoms with Crippen molar-refractivity contribution in [2.24, 2.45) is 4.99 Å². The van der Waals surface area contributed by atoms with E-state index < -0.39 is 0 Å². The second kappa shape index (κ2) is 9.18. The fourth-order valence-electron chi connectivity index (χ4n) is 2.31. The predicted octanol–water partition coefficient (Wildman–Crippen LogP) is 4.23. The third-order valence-corrected chi connectivity index (χ3v) is 3.92. The zero-order valence-electron chi connectivity index (χ0n) is 14.1. The quantitative estimate of drug-likeness (QED) is 0.675. The second-order valence-corrected chi connectivity index (χ2v) is 6.00. The smallest absolute Gasteiger partial charge is 0.156 e. The molecular formula is C19H24ClN3O. The van der Waals surface area contributed by atoms with E-state index in [-0.39, 0.29) is 5.76 Å². The summed E-state index contributed by atoms with van der Waals surface area (Å²) in [7, 11) is 0. The Morgan fingerprint density at radius 1 is 1.42 bits per heavy atom. The summed E-state index contributed by atoms with van der Waals surface area (Å²) >= 11 is 5.95. The van der Waals surface area contributed by atoms with Gasteiger partial charge in [-0.15, -0.1) is 0 Å². The Morgan fingerprint density at radius 3 is 3.00 bits per heavy atom. The van der Waals surface area contributed by atoms with E-state index in [0.717, 1.165) is 29.7 Å². The van der Waals surface area contributed by atoms with Crippen molar-refractivity contribution in [3.8, 4) is 0 Å². The van der Waals surface area contributed by atoms with Crippen LogP contribution in [0.5, 0.6) is 0 Å². The van der Waals surface area contributed by atoms with Gasteiger partial charge in [-0.3, -0.25) is 4.99 Å². The maximum absolute atomic E-state index is 9.97. The van der Waals surface area contributed by atoms with Gasteiger partial charge in [0, 0.05) is 18.9 Å². The number of nitrogens with zero attached hydrogens (tertiary/aromatic N) is 1. The molecule has 2 aliphatic rings. The molecule has 1 aliphatic carbocycles. The first-order chi connectivity index (χ1) is 11.7. The molecule has 0 bridgehead atoms. The van der Waals surface area contributed by atoms with E-state index in [1.807, 2.05) is 13.0 Å². The molecule has 2 rings (SSSR count). The number of aliphatic hydroxyl groups excluding tert-OH is 1. The summed E-state index contributed by atoms with van der Waals surface area (Å²) in [6, 6.07) is 0. The molecule has 1 heterocycles. The zero-order chi connectivity index (χ0) is 17.4. The number of hydrogen-bond donors (Lipinski definition) is 3. The fraction of sp³-hybridized carbons (Fsp3) is 0.316. The number of halogens is 1. The van der Waals surface area contributed by atoms with Crippen LogP contribution in [0.15, 0.2) is 75.4 Å².